The molecule has 0 aliphatic carbocycles. The Morgan fingerprint density at radius 2 is 2.09 bits per heavy atom. The first kappa shape index (κ1) is 8.44. The van der Waals surface area contributed by atoms with Crippen molar-refractivity contribution in [2.45, 2.75) is 13.1 Å². The van der Waals surface area contributed by atoms with Gasteiger partial charge in [-0.1, -0.05) is 34.4 Å². The molecule has 1 aliphatic heterocycles. The van der Waals surface area contributed by atoms with Crippen LogP contribution in [0, 0.1) is 0 Å². The summed E-state index contributed by atoms with van der Waals surface area (Å²) in [6.07, 6.45) is 0. The number of rotatable bonds is 0. The van der Waals surface area contributed by atoms with Crippen molar-refractivity contribution in [3.05, 3.63) is 8.85 Å². The van der Waals surface area contributed by atoms with E-state index in [2.05, 4.69) is 0 Å². The molecular weight excluding hydrogens is 240 g/mol. The summed E-state index contributed by atoms with van der Waals surface area (Å²) in [5.74, 6) is 0.909. The van der Waals surface area contributed by atoms with Crippen LogP contribution in [0.4, 0.5) is 0 Å². The molecule has 1 atom stereocenters. The molecule has 1 aliphatic rings. The van der Waals surface area contributed by atoms with Gasteiger partial charge in [-0.05, 0) is 0 Å². The van der Waals surface area contributed by atoms with Crippen LogP contribution in [0.15, 0.2) is 13.2 Å². The summed E-state index contributed by atoms with van der Waals surface area (Å²) in [6, 6.07) is 0. The minimum Gasteiger partial charge on any atom is -0.265 e. The summed E-state index contributed by atoms with van der Waals surface area (Å²) >= 11 is 11.9. The molecule has 0 fully saturated rings. The van der Waals surface area contributed by atoms with E-state index in [4.69, 9.17) is 11.6 Å². The minimum absolute atomic E-state index is 0.137. The summed E-state index contributed by atoms with van der Waals surface area (Å²) in [5, 5.41) is 0. The molecule has 0 saturated heterocycles. The Bertz CT molecular complexity index is 317. The fourth-order valence-electron chi connectivity index (χ4n) is 0.707. The van der Waals surface area contributed by atoms with Crippen LogP contribution in [0.2, 0.25) is 0 Å². The predicted octanol–water partition coefficient (Wildman–Crippen LogP) is 2.93. The zero-order valence-corrected chi connectivity index (χ0v) is 9.23. The van der Waals surface area contributed by atoms with Crippen molar-refractivity contribution in [2.24, 2.45) is 0 Å². The maximum atomic E-state index is 10.9. The smallest absolute Gasteiger partial charge is 0.265 e. The van der Waals surface area contributed by atoms with Crippen LogP contribution in [0.3, 0.4) is 0 Å². The van der Waals surface area contributed by atoms with Gasteiger partial charge in [0.25, 0.3) is 4.06 Å². The maximum Gasteiger partial charge on any atom is 0.289 e. The molecule has 1 aromatic rings. The highest BCUT2D eigenvalue weighted by Gasteiger charge is 2.20. The highest BCUT2D eigenvalue weighted by atomic mass is 35.5. The van der Waals surface area contributed by atoms with E-state index >= 15 is 0 Å². The van der Waals surface area contributed by atoms with E-state index in [1.54, 1.807) is 23.5 Å². The molecule has 0 amide bonds. The van der Waals surface area contributed by atoms with Gasteiger partial charge in [-0.15, -0.1) is 23.4 Å². The molecule has 60 valence electrons. The van der Waals surface area contributed by atoms with Gasteiger partial charge >= 0.3 is 0 Å². The molecule has 0 N–H and O–H groups in total. The Kier molecular flexibility index (Phi) is 2.53. The molecule has 1 unspecified atom stereocenters. The third kappa shape index (κ3) is 1.78. The van der Waals surface area contributed by atoms with Crippen LogP contribution in [0.25, 0.3) is 0 Å². The number of alkyl halides is 1. The Morgan fingerprint density at radius 1 is 1.36 bits per heavy atom. The minimum atomic E-state index is 0.137. The lowest BCUT2D eigenvalue weighted by atomic mass is 10.9. The van der Waals surface area contributed by atoms with E-state index in [0.717, 1.165) is 14.2 Å². The van der Waals surface area contributed by atoms with E-state index in [9.17, 15) is 4.79 Å². The largest absolute Gasteiger partial charge is 0.289 e. The topological polar surface area (TPSA) is 17.1 Å². The van der Waals surface area contributed by atoms with Gasteiger partial charge in [0, 0.05) is 5.75 Å². The number of thioether (sulfide) groups is 2. The van der Waals surface area contributed by atoms with E-state index < -0.39 is 0 Å². The van der Waals surface area contributed by atoms with Crippen molar-refractivity contribution < 1.29 is 0 Å². The van der Waals surface area contributed by atoms with Gasteiger partial charge in [-0.3, -0.25) is 4.79 Å². The first-order chi connectivity index (χ1) is 5.25. The number of fused-ring (bicyclic) bond motifs is 1. The average Bonchev–Trinajstić information content (AvgIpc) is 2.27. The van der Waals surface area contributed by atoms with Gasteiger partial charge in [-0.2, -0.15) is 0 Å². The second-order valence-corrected chi connectivity index (χ2v) is 7.64. The lowest BCUT2D eigenvalue weighted by molar-refractivity contribution is 1.35. The molecule has 2 rings (SSSR count). The zero-order chi connectivity index (χ0) is 7.84. The summed E-state index contributed by atoms with van der Waals surface area (Å²) in [6.45, 7) is 0. The second-order valence-electron chi connectivity index (χ2n) is 1.87. The Hall–Kier alpha value is 0.840. The second kappa shape index (κ2) is 3.30. The SMILES string of the molecule is O=c1sc2c(s1)SC(Cl)CS2. The number of hydrogen-bond donors (Lipinski definition) is 0. The van der Waals surface area contributed by atoms with Crippen molar-refractivity contribution >= 4 is 57.8 Å². The third-order valence-corrected chi connectivity index (χ3v) is 6.99. The fraction of sp³-hybridized carbons (Fsp3) is 0.400. The van der Waals surface area contributed by atoms with Crippen LogP contribution in [0.1, 0.15) is 0 Å². The molecule has 0 radical (unpaired) electrons. The van der Waals surface area contributed by atoms with Crippen molar-refractivity contribution in [2.75, 3.05) is 5.75 Å². The average molecular weight is 243 g/mol. The molecular formula is C5H3ClOS4. The lowest BCUT2D eigenvalue weighted by Crippen LogP contribution is -1.99. The van der Waals surface area contributed by atoms with Gasteiger partial charge in [0.1, 0.15) is 0 Å². The van der Waals surface area contributed by atoms with Crippen molar-refractivity contribution in [1.82, 2.24) is 0 Å². The zero-order valence-electron chi connectivity index (χ0n) is 5.20. The number of halogens is 1. The van der Waals surface area contributed by atoms with Gasteiger partial charge in [-0.25, -0.2) is 0 Å². The van der Waals surface area contributed by atoms with Crippen molar-refractivity contribution in [1.29, 1.82) is 0 Å². The Labute approximate surface area is 85.2 Å². The summed E-state index contributed by atoms with van der Waals surface area (Å²) in [5.41, 5.74) is 0. The van der Waals surface area contributed by atoms with Gasteiger partial charge in [0.2, 0.25) is 0 Å². The fourth-order valence-corrected chi connectivity index (χ4v) is 6.56. The van der Waals surface area contributed by atoms with E-state index in [0.29, 0.717) is 0 Å². The molecule has 2 heterocycles. The molecule has 11 heavy (non-hydrogen) atoms. The van der Waals surface area contributed by atoms with Crippen LogP contribution >= 0.6 is 57.8 Å². The molecule has 1 aromatic heterocycles. The van der Waals surface area contributed by atoms with Crippen LogP contribution < -0.4 is 4.06 Å². The third-order valence-electron chi connectivity index (χ3n) is 1.10. The standard InChI is InChI=1S/C5H3ClOS4/c6-2-1-8-3-4(9-2)11-5(7)10-3/h2H,1H2. The van der Waals surface area contributed by atoms with Crippen molar-refractivity contribution in [3.8, 4) is 0 Å². The molecule has 0 saturated carbocycles. The van der Waals surface area contributed by atoms with Gasteiger partial charge in [0.15, 0.2) is 0 Å². The first-order valence-corrected chi connectivity index (χ1v) is 6.76. The Balaban J connectivity index is 2.41. The highest BCUT2D eigenvalue weighted by Crippen LogP contribution is 2.45. The van der Waals surface area contributed by atoms with Gasteiger partial charge in [0.05, 0.1) is 13.1 Å². The van der Waals surface area contributed by atoms with E-state index in [1.807, 2.05) is 0 Å². The first-order valence-electron chi connectivity index (χ1n) is 2.83. The lowest BCUT2D eigenvalue weighted by Gasteiger charge is -2.12. The van der Waals surface area contributed by atoms with Crippen LogP contribution in [0.5, 0.6) is 0 Å². The predicted molar refractivity (Wildman–Crippen MR) is 54.7 cm³/mol. The van der Waals surface area contributed by atoms with Crippen LogP contribution in [-0.2, 0) is 0 Å². The monoisotopic (exact) mass is 242 g/mol. The Morgan fingerprint density at radius 3 is 2.91 bits per heavy atom. The van der Waals surface area contributed by atoms with Crippen LogP contribution in [-0.4, -0.2) is 10.5 Å². The summed E-state index contributed by atoms with van der Waals surface area (Å²) in [4.78, 5) is 10.9. The molecule has 6 heteroatoms. The molecule has 0 bridgehead atoms. The molecule has 0 aromatic carbocycles. The van der Waals surface area contributed by atoms with E-state index in [1.165, 1.54) is 22.7 Å². The summed E-state index contributed by atoms with van der Waals surface area (Å²) in [7, 11) is 0. The molecule has 0 spiro atoms. The maximum absolute atomic E-state index is 10.9. The van der Waals surface area contributed by atoms with E-state index in [-0.39, 0.29) is 8.77 Å². The normalized spacial score (nSPS) is 23.2. The number of hydrogen-bond acceptors (Lipinski definition) is 5. The highest BCUT2D eigenvalue weighted by molar-refractivity contribution is 8.09. The quantitative estimate of drug-likeness (QED) is 0.652. The molecule has 1 nitrogen and oxygen atoms in total. The summed E-state index contributed by atoms with van der Waals surface area (Å²) < 4.78 is 2.58. The van der Waals surface area contributed by atoms with Crippen molar-refractivity contribution in [3.63, 3.8) is 0 Å². The van der Waals surface area contributed by atoms with Gasteiger partial charge < -0.3 is 0 Å².